The molecule has 4 aromatic rings. The molecule has 6 rings (SSSR count). The predicted octanol–water partition coefficient (Wildman–Crippen LogP) is 3.91. The van der Waals surface area contributed by atoms with E-state index in [-0.39, 0.29) is 5.91 Å². The van der Waals surface area contributed by atoms with Gasteiger partial charge in [-0.25, -0.2) is 4.52 Å². The zero-order valence-corrected chi connectivity index (χ0v) is 20.1. The quantitative estimate of drug-likeness (QED) is 0.416. The van der Waals surface area contributed by atoms with E-state index in [2.05, 4.69) is 57.7 Å². The molecule has 0 bridgehead atoms. The second kappa shape index (κ2) is 9.00. The van der Waals surface area contributed by atoms with Crippen LogP contribution < -0.4 is 4.90 Å². The molecule has 8 nitrogen and oxygen atoms in total. The number of anilines is 1. The lowest BCUT2D eigenvalue weighted by Gasteiger charge is -2.35. The third-order valence-corrected chi connectivity index (χ3v) is 7.29. The normalized spacial score (nSPS) is 15.5. The van der Waals surface area contributed by atoms with Crippen LogP contribution >= 0.6 is 0 Å². The first-order valence-corrected chi connectivity index (χ1v) is 12.4. The number of carbonyl (C=O) groups excluding carboxylic acids is 1. The minimum atomic E-state index is -0.00146. The van der Waals surface area contributed by atoms with Crippen LogP contribution in [0, 0.1) is 11.3 Å². The Morgan fingerprint density at radius 3 is 2.53 bits per heavy atom. The molecular weight excluding hydrogens is 450 g/mol. The highest BCUT2D eigenvalue weighted by atomic mass is 16.2. The van der Waals surface area contributed by atoms with Crippen LogP contribution in [-0.2, 0) is 17.8 Å². The van der Waals surface area contributed by atoms with Crippen molar-refractivity contribution in [2.75, 3.05) is 31.1 Å². The molecular formula is C28H27N7O. The van der Waals surface area contributed by atoms with Crippen molar-refractivity contribution in [1.29, 1.82) is 5.26 Å². The van der Waals surface area contributed by atoms with Crippen LogP contribution in [0.15, 0.2) is 61.4 Å². The highest BCUT2D eigenvalue weighted by Crippen LogP contribution is 2.38. The minimum Gasteiger partial charge on any atom is -0.368 e. The van der Waals surface area contributed by atoms with Crippen molar-refractivity contribution < 1.29 is 4.79 Å². The van der Waals surface area contributed by atoms with Gasteiger partial charge in [0.1, 0.15) is 11.8 Å². The molecule has 5 heterocycles. The van der Waals surface area contributed by atoms with E-state index < -0.39 is 0 Å². The number of carbonyl (C=O) groups is 1. The minimum absolute atomic E-state index is 0.00146. The molecule has 2 aliphatic heterocycles. The summed E-state index contributed by atoms with van der Waals surface area (Å²) in [7, 11) is 0. The number of aromatic nitrogens is 4. The van der Waals surface area contributed by atoms with Crippen LogP contribution in [0.1, 0.15) is 24.1 Å². The summed E-state index contributed by atoms with van der Waals surface area (Å²) in [4.78, 5) is 16.1. The second-order valence-corrected chi connectivity index (χ2v) is 9.33. The Labute approximate surface area is 209 Å². The maximum absolute atomic E-state index is 11.9. The number of rotatable bonds is 4. The summed E-state index contributed by atoms with van der Waals surface area (Å²) in [6.45, 7) is 7.53. The molecule has 2 aliphatic rings. The van der Waals surface area contributed by atoms with Crippen LogP contribution in [0.3, 0.4) is 0 Å². The Morgan fingerprint density at radius 1 is 1.00 bits per heavy atom. The number of nitrogens with zero attached hydrogens (tertiary/aromatic N) is 7. The number of hydrogen-bond acceptors (Lipinski definition) is 5. The smallest absolute Gasteiger partial charge is 0.246 e. The van der Waals surface area contributed by atoms with Crippen molar-refractivity contribution in [2.24, 2.45) is 0 Å². The number of hydrogen-bond donors (Lipinski definition) is 0. The van der Waals surface area contributed by atoms with Gasteiger partial charge in [0.15, 0.2) is 0 Å². The third kappa shape index (κ3) is 3.73. The summed E-state index contributed by atoms with van der Waals surface area (Å²) in [5.41, 5.74) is 8.05. The molecule has 1 aromatic carbocycles. The predicted molar refractivity (Wildman–Crippen MR) is 138 cm³/mol. The molecule has 180 valence electrons. The van der Waals surface area contributed by atoms with Crippen LogP contribution in [0.4, 0.5) is 5.69 Å². The molecule has 0 aliphatic carbocycles. The van der Waals surface area contributed by atoms with E-state index in [0.717, 1.165) is 72.5 Å². The molecule has 0 spiro atoms. The van der Waals surface area contributed by atoms with E-state index in [4.69, 9.17) is 5.10 Å². The highest BCUT2D eigenvalue weighted by molar-refractivity contribution is 5.87. The second-order valence-electron chi connectivity index (χ2n) is 9.33. The summed E-state index contributed by atoms with van der Waals surface area (Å²) in [5, 5.41) is 18.8. The van der Waals surface area contributed by atoms with Gasteiger partial charge in [0, 0.05) is 67.0 Å². The molecule has 0 radical (unpaired) electrons. The number of benzene rings is 1. The largest absolute Gasteiger partial charge is 0.368 e. The molecule has 0 saturated carbocycles. The fourth-order valence-corrected chi connectivity index (χ4v) is 5.36. The van der Waals surface area contributed by atoms with E-state index in [1.807, 2.05) is 17.2 Å². The lowest BCUT2D eigenvalue weighted by atomic mass is 9.96. The third-order valence-electron chi connectivity index (χ3n) is 7.29. The van der Waals surface area contributed by atoms with E-state index in [9.17, 15) is 10.1 Å². The van der Waals surface area contributed by atoms with Crippen molar-refractivity contribution >= 4 is 17.1 Å². The first-order chi connectivity index (χ1) is 17.7. The Hall–Kier alpha value is -4.38. The molecule has 1 amide bonds. The number of pyridine rings is 1. The monoisotopic (exact) mass is 477 g/mol. The van der Waals surface area contributed by atoms with Crippen molar-refractivity contribution in [3.63, 3.8) is 0 Å². The molecule has 0 atom stereocenters. The van der Waals surface area contributed by atoms with Crippen LogP contribution in [-0.4, -0.2) is 56.4 Å². The van der Waals surface area contributed by atoms with Gasteiger partial charge in [0.2, 0.25) is 5.91 Å². The number of amides is 1. The molecule has 36 heavy (non-hydrogen) atoms. The van der Waals surface area contributed by atoms with Gasteiger partial charge in [0.25, 0.3) is 0 Å². The van der Waals surface area contributed by atoms with Crippen molar-refractivity contribution in [1.82, 2.24) is 24.3 Å². The van der Waals surface area contributed by atoms with Crippen LogP contribution in [0.2, 0.25) is 0 Å². The molecule has 1 fully saturated rings. The van der Waals surface area contributed by atoms with Crippen molar-refractivity contribution in [3.05, 3.63) is 72.7 Å². The summed E-state index contributed by atoms with van der Waals surface area (Å²) in [5.74, 6) is -0.00146. The summed E-state index contributed by atoms with van der Waals surface area (Å²) < 4.78 is 3.94. The van der Waals surface area contributed by atoms with Gasteiger partial charge in [-0.1, -0.05) is 24.8 Å². The highest BCUT2D eigenvalue weighted by Gasteiger charge is 2.24. The van der Waals surface area contributed by atoms with Gasteiger partial charge in [-0.2, -0.15) is 15.5 Å². The van der Waals surface area contributed by atoms with Gasteiger partial charge < -0.3 is 9.80 Å². The van der Waals surface area contributed by atoms with E-state index in [1.54, 1.807) is 10.7 Å². The Balaban J connectivity index is 1.34. The lowest BCUT2D eigenvalue weighted by molar-refractivity contribution is -0.126. The number of fused-ring (bicyclic) bond motifs is 2. The SMILES string of the molecule is C=CC(=O)N1CCN(c2ccc(-c3nn4c(c3-c3ccc5c(C#N)cnn5c3)CCCC4)cc2)CC1. The molecule has 3 aromatic heterocycles. The van der Waals surface area contributed by atoms with Crippen molar-refractivity contribution in [3.8, 4) is 28.5 Å². The van der Waals surface area contributed by atoms with E-state index in [0.29, 0.717) is 18.7 Å². The summed E-state index contributed by atoms with van der Waals surface area (Å²) in [6.07, 6.45) is 8.29. The maximum Gasteiger partial charge on any atom is 0.246 e. The molecule has 0 N–H and O–H groups in total. The standard InChI is InChI=1S/C28H27N7O/c1-2-26(36)33-15-13-32(14-16-33)23-9-6-20(7-10-23)28-27(25-5-3-4-12-34(25)31-28)21-8-11-24-22(17-29)18-30-35(24)19-21/h2,6-11,18-19H,1,3-5,12-16H2. The van der Waals surface area contributed by atoms with E-state index >= 15 is 0 Å². The Kier molecular flexibility index (Phi) is 5.53. The summed E-state index contributed by atoms with van der Waals surface area (Å²) in [6, 6.07) is 14.8. The number of piperazine rings is 1. The van der Waals surface area contributed by atoms with Crippen LogP contribution in [0.25, 0.3) is 27.9 Å². The van der Waals surface area contributed by atoms with E-state index in [1.165, 1.54) is 11.8 Å². The zero-order valence-electron chi connectivity index (χ0n) is 20.1. The average molecular weight is 478 g/mol. The van der Waals surface area contributed by atoms with Gasteiger partial charge in [-0.3, -0.25) is 9.48 Å². The fraction of sp³-hybridized carbons (Fsp3) is 0.286. The number of nitriles is 1. The lowest BCUT2D eigenvalue weighted by Crippen LogP contribution is -2.48. The van der Waals surface area contributed by atoms with Crippen LogP contribution in [0.5, 0.6) is 0 Å². The zero-order chi connectivity index (χ0) is 24.6. The van der Waals surface area contributed by atoms with Gasteiger partial charge >= 0.3 is 0 Å². The first kappa shape index (κ1) is 22.1. The topological polar surface area (TPSA) is 82.5 Å². The van der Waals surface area contributed by atoms with Gasteiger partial charge in [0.05, 0.1) is 17.3 Å². The average Bonchev–Trinajstić information content (AvgIpc) is 3.53. The Bertz CT molecular complexity index is 1500. The number of aryl methyl sites for hydroxylation is 1. The molecule has 1 saturated heterocycles. The van der Waals surface area contributed by atoms with Gasteiger partial charge in [-0.15, -0.1) is 0 Å². The Morgan fingerprint density at radius 2 is 1.78 bits per heavy atom. The summed E-state index contributed by atoms with van der Waals surface area (Å²) >= 11 is 0. The van der Waals surface area contributed by atoms with Gasteiger partial charge in [-0.05, 0) is 43.5 Å². The first-order valence-electron chi connectivity index (χ1n) is 12.4. The molecule has 0 unspecified atom stereocenters. The maximum atomic E-state index is 11.9. The molecule has 8 heteroatoms. The fourth-order valence-electron chi connectivity index (χ4n) is 5.36. The van der Waals surface area contributed by atoms with Crippen molar-refractivity contribution in [2.45, 2.75) is 25.8 Å².